The smallest absolute Gasteiger partial charge is 0.284 e. The van der Waals surface area contributed by atoms with Gasteiger partial charge in [-0.05, 0) is 26.3 Å². The molecule has 0 saturated carbocycles. The van der Waals surface area contributed by atoms with Gasteiger partial charge in [-0.15, -0.1) is 0 Å². The normalized spacial score (nSPS) is 20.9. The van der Waals surface area contributed by atoms with Crippen LogP contribution in [0.3, 0.4) is 0 Å². The number of carbonyl (C=O) groups excluding carboxylic acids is 2. The van der Waals surface area contributed by atoms with Crippen molar-refractivity contribution >= 4 is 28.4 Å². The molecule has 0 unspecified atom stereocenters. The predicted octanol–water partition coefficient (Wildman–Crippen LogP) is 0.765. The summed E-state index contributed by atoms with van der Waals surface area (Å²) in [4.78, 5) is 51.5. The number of nitro benzene ring substituents is 1. The molecular formula is C15H14N4O5. The zero-order valence-corrected chi connectivity index (χ0v) is 13.0. The molecule has 1 saturated heterocycles. The van der Waals surface area contributed by atoms with Crippen LogP contribution in [-0.4, -0.2) is 26.3 Å². The number of fused-ring (bicyclic) bond motifs is 1. The average Bonchev–Trinajstić information content (AvgIpc) is 2.50. The second-order valence-electron chi connectivity index (χ2n) is 5.88. The number of rotatable bonds is 2. The Kier molecular flexibility index (Phi) is 3.43. The van der Waals surface area contributed by atoms with Crippen LogP contribution < -0.4 is 10.9 Å². The molecule has 0 bridgehead atoms. The van der Waals surface area contributed by atoms with Crippen molar-refractivity contribution in [2.75, 3.05) is 0 Å². The zero-order valence-electron chi connectivity index (χ0n) is 13.0. The molecule has 3 rings (SSSR count). The number of non-ortho nitro benzene ring substituents is 1. The van der Waals surface area contributed by atoms with Gasteiger partial charge in [-0.1, -0.05) is 6.07 Å². The average molecular weight is 330 g/mol. The summed E-state index contributed by atoms with van der Waals surface area (Å²) in [5.74, 6) is -0.786. The summed E-state index contributed by atoms with van der Waals surface area (Å²) in [7, 11) is 0. The van der Waals surface area contributed by atoms with E-state index in [-0.39, 0.29) is 35.3 Å². The van der Waals surface area contributed by atoms with Crippen LogP contribution in [0, 0.1) is 17.0 Å². The monoisotopic (exact) mass is 330 g/mol. The lowest BCUT2D eigenvalue weighted by molar-refractivity contribution is -0.383. The van der Waals surface area contributed by atoms with Gasteiger partial charge in [0, 0.05) is 12.5 Å². The van der Waals surface area contributed by atoms with Crippen LogP contribution >= 0.6 is 0 Å². The van der Waals surface area contributed by atoms with Crippen molar-refractivity contribution in [3.63, 3.8) is 0 Å². The van der Waals surface area contributed by atoms with E-state index in [1.54, 1.807) is 6.92 Å². The minimum absolute atomic E-state index is 0.0725. The number of benzene rings is 1. The Bertz CT molecular complexity index is 964. The van der Waals surface area contributed by atoms with E-state index >= 15 is 0 Å². The molecule has 1 aromatic carbocycles. The lowest BCUT2D eigenvalue weighted by Gasteiger charge is -2.34. The van der Waals surface area contributed by atoms with E-state index in [1.165, 1.54) is 25.1 Å². The van der Waals surface area contributed by atoms with Gasteiger partial charge in [0.1, 0.15) is 16.7 Å². The Labute approximate surface area is 135 Å². The van der Waals surface area contributed by atoms with Gasteiger partial charge in [-0.2, -0.15) is 0 Å². The summed E-state index contributed by atoms with van der Waals surface area (Å²) in [5, 5.41) is 13.3. The maximum absolute atomic E-state index is 13.0. The van der Waals surface area contributed by atoms with Crippen molar-refractivity contribution in [1.29, 1.82) is 0 Å². The van der Waals surface area contributed by atoms with Crippen LogP contribution in [-0.2, 0) is 15.1 Å². The molecule has 1 aromatic heterocycles. The number of hydrogen-bond donors (Lipinski definition) is 1. The van der Waals surface area contributed by atoms with Gasteiger partial charge in [0.25, 0.3) is 17.2 Å². The lowest BCUT2D eigenvalue weighted by Crippen LogP contribution is -2.56. The van der Waals surface area contributed by atoms with Crippen LogP contribution in [0.5, 0.6) is 0 Å². The third-order valence-electron chi connectivity index (χ3n) is 4.31. The van der Waals surface area contributed by atoms with Gasteiger partial charge in [0.2, 0.25) is 5.91 Å². The molecule has 1 fully saturated rings. The second kappa shape index (κ2) is 5.22. The topological polar surface area (TPSA) is 124 Å². The number of nitro groups is 1. The number of imide groups is 1. The SMILES string of the molecule is Cc1nc2cccc([N+](=O)[O-])c2c(=O)n1[C@@]1(C)CCC(=O)NC1=O. The van der Waals surface area contributed by atoms with Crippen LogP contribution in [0.15, 0.2) is 23.0 Å². The van der Waals surface area contributed by atoms with Gasteiger partial charge in [-0.25, -0.2) is 4.98 Å². The van der Waals surface area contributed by atoms with E-state index < -0.39 is 27.8 Å². The highest BCUT2D eigenvalue weighted by Crippen LogP contribution is 2.28. The first-order chi connectivity index (χ1) is 11.3. The van der Waals surface area contributed by atoms with Crippen LogP contribution in [0.2, 0.25) is 0 Å². The van der Waals surface area contributed by atoms with E-state index in [2.05, 4.69) is 10.3 Å². The number of nitrogens with one attached hydrogen (secondary N) is 1. The summed E-state index contributed by atoms with van der Waals surface area (Å²) in [6.45, 7) is 3.07. The number of aryl methyl sites for hydroxylation is 1. The summed E-state index contributed by atoms with van der Waals surface area (Å²) < 4.78 is 1.14. The summed E-state index contributed by atoms with van der Waals surface area (Å²) >= 11 is 0. The third-order valence-corrected chi connectivity index (χ3v) is 4.31. The Hall–Kier alpha value is -3.10. The van der Waals surface area contributed by atoms with Crippen LogP contribution in [0.4, 0.5) is 5.69 Å². The molecule has 1 aliphatic heterocycles. The summed E-state index contributed by atoms with van der Waals surface area (Å²) in [6, 6.07) is 4.18. The highest BCUT2D eigenvalue weighted by molar-refractivity contribution is 6.01. The minimum atomic E-state index is -1.33. The van der Waals surface area contributed by atoms with Crippen molar-refractivity contribution in [3.05, 3.63) is 44.5 Å². The minimum Gasteiger partial charge on any atom is -0.294 e. The molecule has 2 heterocycles. The molecular weight excluding hydrogens is 316 g/mol. The highest BCUT2D eigenvalue weighted by Gasteiger charge is 2.42. The largest absolute Gasteiger partial charge is 0.294 e. The van der Waals surface area contributed by atoms with Crippen molar-refractivity contribution < 1.29 is 14.5 Å². The Morgan fingerprint density at radius 1 is 1.33 bits per heavy atom. The fourth-order valence-electron chi connectivity index (χ4n) is 3.06. The molecule has 9 nitrogen and oxygen atoms in total. The van der Waals surface area contributed by atoms with Gasteiger partial charge in [0.05, 0.1) is 10.4 Å². The zero-order chi connectivity index (χ0) is 17.6. The lowest BCUT2D eigenvalue weighted by atomic mass is 9.90. The van der Waals surface area contributed by atoms with Crippen LogP contribution in [0.1, 0.15) is 25.6 Å². The van der Waals surface area contributed by atoms with Gasteiger partial charge < -0.3 is 0 Å². The fraction of sp³-hybridized carbons (Fsp3) is 0.333. The Morgan fingerprint density at radius 3 is 2.67 bits per heavy atom. The third kappa shape index (κ3) is 2.16. The van der Waals surface area contributed by atoms with Crippen LogP contribution in [0.25, 0.3) is 10.9 Å². The maximum atomic E-state index is 13.0. The van der Waals surface area contributed by atoms with Gasteiger partial charge in [0.15, 0.2) is 0 Å². The highest BCUT2D eigenvalue weighted by atomic mass is 16.6. The quantitative estimate of drug-likeness (QED) is 0.492. The number of carbonyl (C=O) groups is 2. The predicted molar refractivity (Wildman–Crippen MR) is 83.4 cm³/mol. The molecule has 24 heavy (non-hydrogen) atoms. The first-order valence-corrected chi connectivity index (χ1v) is 7.27. The van der Waals surface area contributed by atoms with E-state index in [0.717, 1.165) is 4.57 Å². The molecule has 1 N–H and O–H groups in total. The maximum Gasteiger partial charge on any atom is 0.284 e. The molecule has 0 spiro atoms. The van der Waals surface area contributed by atoms with Crippen molar-refractivity contribution in [2.24, 2.45) is 0 Å². The molecule has 124 valence electrons. The molecule has 9 heteroatoms. The summed E-state index contributed by atoms with van der Waals surface area (Å²) in [6.07, 6.45) is 0.190. The van der Waals surface area contributed by atoms with Crippen molar-refractivity contribution in [1.82, 2.24) is 14.9 Å². The Balaban J connectivity index is 2.36. The van der Waals surface area contributed by atoms with E-state index in [0.29, 0.717) is 0 Å². The number of piperidine rings is 1. The molecule has 1 atom stereocenters. The van der Waals surface area contributed by atoms with E-state index in [4.69, 9.17) is 0 Å². The number of aromatic nitrogens is 2. The van der Waals surface area contributed by atoms with E-state index in [9.17, 15) is 24.5 Å². The van der Waals surface area contributed by atoms with Crippen molar-refractivity contribution in [2.45, 2.75) is 32.2 Å². The summed E-state index contributed by atoms with van der Waals surface area (Å²) in [5.41, 5.74) is -2.18. The number of hydrogen-bond acceptors (Lipinski definition) is 6. The second-order valence-corrected chi connectivity index (χ2v) is 5.88. The molecule has 2 aromatic rings. The standard InChI is InChI=1S/C15H14N4O5/c1-8-16-9-4-3-5-10(19(23)24)12(9)13(21)18(8)15(2)7-6-11(20)17-14(15)22/h3-5H,6-7H2,1-2H3,(H,17,20,22)/t15-/m0/s1. The fourth-order valence-corrected chi connectivity index (χ4v) is 3.06. The first kappa shape index (κ1) is 15.8. The Morgan fingerprint density at radius 2 is 2.04 bits per heavy atom. The molecule has 0 radical (unpaired) electrons. The van der Waals surface area contributed by atoms with Crippen molar-refractivity contribution in [3.8, 4) is 0 Å². The number of amides is 2. The van der Waals surface area contributed by atoms with Gasteiger partial charge in [-0.3, -0.25) is 34.4 Å². The first-order valence-electron chi connectivity index (χ1n) is 7.27. The van der Waals surface area contributed by atoms with Gasteiger partial charge >= 0.3 is 0 Å². The van der Waals surface area contributed by atoms with E-state index in [1.807, 2.05) is 0 Å². The molecule has 0 aliphatic carbocycles. The molecule has 2 amide bonds. The number of nitrogens with zero attached hydrogens (tertiary/aromatic N) is 3. The molecule has 1 aliphatic rings.